The van der Waals surface area contributed by atoms with E-state index in [-0.39, 0.29) is 24.2 Å². The number of benzene rings is 1. The number of urea groups is 1. The van der Waals surface area contributed by atoms with Crippen molar-refractivity contribution in [3.8, 4) is 0 Å². The Morgan fingerprint density at radius 2 is 2.07 bits per heavy atom. The highest BCUT2D eigenvalue weighted by Gasteiger charge is 2.32. The van der Waals surface area contributed by atoms with Crippen LogP contribution in [0.4, 0.5) is 4.79 Å². The SMILES string of the molecule is Cc1cccc2nc(C3CCN(C(=O)NCC4CCCS4(=O)=O)CC3)oc12. The van der Waals surface area contributed by atoms with Gasteiger partial charge in [-0.2, -0.15) is 0 Å². The molecule has 2 saturated heterocycles. The number of fused-ring (bicyclic) bond motifs is 1. The first kappa shape index (κ1) is 18.3. The number of hydrogen-bond acceptors (Lipinski definition) is 5. The largest absolute Gasteiger partial charge is 0.440 e. The summed E-state index contributed by atoms with van der Waals surface area (Å²) in [5.74, 6) is 1.19. The highest BCUT2D eigenvalue weighted by atomic mass is 32.2. The average molecular weight is 391 g/mol. The molecule has 0 radical (unpaired) electrons. The highest BCUT2D eigenvalue weighted by molar-refractivity contribution is 7.92. The van der Waals surface area contributed by atoms with Gasteiger partial charge in [0.2, 0.25) is 0 Å². The number of nitrogens with one attached hydrogen (secondary N) is 1. The van der Waals surface area contributed by atoms with Crippen molar-refractivity contribution < 1.29 is 17.6 Å². The number of aryl methyl sites for hydroxylation is 1. The predicted molar refractivity (Wildman–Crippen MR) is 103 cm³/mol. The lowest BCUT2D eigenvalue weighted by molar-refractivity contribution is 0.177. The number of oxazole rings is 1. The third-order valence-electron chi connectivity index (χ3n) is 5.70. The van der Waals surface area contributed by atoms with E-state index in [1.165, 1.54) is 0 Å². The third-order valence-corrected chi connectivity index (χ3v) is 7.98. The van der Waals surface area contributed by atoms with Crippen LogP contribution in [0.15, 0.2) is 22.6 Å². The van der Waals surface area contributed by atoms with E-state index in [0.717, 1.165) is 35.4 Å². The molecule has 7 nitrogen and oxygen atoms in total. The molecule has 4 rings (SSSR count). The van der Waals surface area contributed by atoms with Crippen LogP contribution in [0.5, 0.6) is 0 Å². The average Bonchev–Trinajstić information content (AvgIpc) is 3.23. The molecular weight excluding hydrogens is 366 g/mol. The Hall–Kier alpha value is -2.09. The smallest absolute Gasteiger partial charge is 0.317 e. The lowest BCUT2D eigenvalue weighted by Gasteiger charge is -2.31. The molecule has 0 spiro atoms. The molecule has 2 aliphatic heterocycles. The van der Waals surface area contributed by atoms with Gasteiger partial charge >= 0.3 is 6.03 Å². The number of aromatic nitrogens is 1. The summed E-state index contributed by atoms with van der Waals surface area (Å²) in [5, 5.41) is 2.37. The number of amides is 2. The van der Waals surface area contributed by atoms with Gasteiger partial charge in [0, 0.05) is 25.6 Å². The summed E-state index contributed by atoms with van der Waals surface area (Å²) in [4.78, 5) is 18.8. The van der Waals surface area contributed by atoms with Crippen molar-refractivity contribution in [3.63, 3.8) is 0 Å². The Morgan fingerprint density at radius 3 is 2.74 bits per heavy atom. The van der Waals surface area contributed by atoms with Crippen LogP contribution in [0.2, 0.25) is 0 Å². The van der Waals surface area contributed by atoms with Gasteiger partial charge in [0.1, 0.15) is 5.52 Å². The van der Waals surface area contributed by atoms with E-state index in [0.29, 0.717) is 25.9 Å². The van der Waals surface area contributed by atoms with Crippen molar-refractivity contribution in [1.29, 1.82) is 0 Å². The molecule has 1 aromatic carbocycles. The molecular formula is C19H25N3O4S. The van der Waals surface area contributed by atoms with Crippen LogP contribution < -0.4 is 5.32 Å². The summed E-state index contributed by atoms with van der Waals surface area (Å²) < 4.78 is 29.7. The number of piperidine rings is 1. The van der Waals surface area contributed by atoms with Crippen molar-refractivity contribution >= 4 is 27.0 Å². The molecule has 3 heterocycles. The summed E-state index contributed by atoms with van der Waals surface area (Å²) in [6, 6.07) is 5.76. The van der Waals surface area contributed by atoms with Gasteiger partial charge < -0.3 is 14.6 Å². The number of sulfone groups is 1. The molecule has 1 N–H and O–H groups in total. The van der Waals surface area contributed by atoms with Crippen LogP contribution in [0.3, 0.4) is 0 Å². The normalized spacial score (nSPS) is 23.0. The third kappa shape index (κ3) is 3.67. The maximum atomic E-state index is 12.4. The fraction of sp³-hybridized carbons (Fsp3) is 0.579. The quantitative estimate of drug-likeness (QED) is 0.868. The number of carbonyl (C=O) groups excluding carboxylic acids is 1. The monoisotopic (exact) mass is 391 g/mol. The molecule has 27 heavy (non-hydrogen) atoms. The Balaban J connectivity index is 1.33. The van der Waals surface area contributed by atoms with Crippen molar-refractivity contribution in [2.75, 3.05) is 25.4 Å². The summed E-state index contributed by atoms with van der Waals surface area (Å²) in [7, 11) is -3.03. The van der Waals surface area contributed by atoms with Crippen molar-refractivity contribution in [2.24, 2.45) is 0 Å². The Bertz CT molecular complexity index is 945. The molecule has 1 unspecified atom stereocenters. The summed E-state index contributed by atoms with van der Waals surface area (Å²) >= 11 is 0. The van der Waals surface area contributed by atoms with Gasteiger partial charge in [-0.05, 0) is 44.2 Å². The summed E-state index contributed by atoms with van der Waals surface area (Å²) in [6.45, 7) is 3.46. The van der Waals surface area contributed by atoms with Crippen LogP contribution in [0.25, 0.3) is 11.1 Å². The second-order valence-electron chi connectivity index (χ2n) is 7.55. The van der Waals surface area contributed by atoms with E-state index in [1.807, 2.05) is 25.1 Å². The molecule has 2 aromatic rings. The van der Waals surface area contributed by atoms with E-state index >= 15 is 0 Å². The fourth-order valence-corrected chi connectivity index (χ4v) is 5.77. The number of nitrogens with zero attached hydrogens (tertiary/aromatic N) is 2. The van der Waals surface area contributed by atoms with Gasteiger partial charge in [-0.25, -0.2) is 18.2 Å². The van der Waals surface area contributed by atoms with E-state index in [2.05, 4.69) is 10.3 Å². The number of para-hydroxylation sites is 1. The molecule has 1 aromatic heterocycles. The Kier molecular flexibility index (Phi) is 4.84. The van der Waals surface area contributed by atoms with Crippen molar-refractivity contribution in [1.82, 2.24) is 15.2 Å². The van der Waals surface area contributed by atoms with Crippen molar-refractivity contribution in [2.45, 2.75) is 43.8 Å². The second kappa shape index (κ2) is 7.14. The maximum absolute atomic E-state index is 12.4. The molecule has 2 fully saturated rings. The molecule has 0 aliphatic carbocycles. The summed E-state index contributed by atoms with van der Waals surface area (Å²) in [6.07, 6.45) is 2.92. The van der Waals surface area contributed by atoms with Gasteiger partial charge in [-0.1, -0.05) is 12.1 Å². The molecule has 0 saturated carbocycles. The summed E-state index contributed by atoms with van der Waals surface area (Å²) in [5.41, 5.74) is 2.79. The van der Waals surface area contributed by atoms with Gasteiger partial charge in [-0.15, -0.1) is 0 Å². The molecule has 2 aliphatic rings. The first-order chi connectivity index (χ1) is 12.9. The first-order valence-corrected chi connectivity index (χ1v) is 11.3. The van der Waals surface area contributed by atoms with Crippen LogP contribution in [-0.4, -0.2) is 55.0 Å². The van der Waals surface area contributed by atoms with Crippen LogP contribution in [-0.2, 0) is 9.84 Å². The maximum Gasteiger partial charge on any atom is 0.317 e. The van der Waals surface area contributed by atoms with E-state index in [1.54, 1.807) is 4.90 Å². The number of carbonyl (C=O) groups is 1. The molecule has 0 bridgehead atoms. The zero-order valence-corrected chi connectivity index (χ0v) is 16.3. The van der Waals surface area contributed by atoms with E-state index in [4.69, 9.17) is 4.42 Å². The van der Waals surface area contributed by atoms with Crippen LogP contribution in [0.1, 0.15) is 43.1 Å². The van der Waals surface area contributed by atoms with Crippen LogP contribution in [0, 0.1) is 6.92 Å². The second-order valence-corrected chi connectivity index (χ2v) is 9.95. The molecule has 146 valence electrons. The predicted octanol–water partition coefficient (Wildman–Crippen LogP) is 2.60. The van der Waals surface area contributed by atoms with Gasteiger partial charge in [0.25, 0.3) is 0 Å². The minimum atomic E-state index is -3.03. The Labute approximate surface area is 159 Å². The number of rotatable bonds is 3. The topological polar surface area (TPSA) is 92.5 Å². The van der Waals surface area contributed by atoms with E-state index in [9.17, 15) is 13.2 Å². The van der Waals surface area contributed by atoms with Gasteiger partial charge in [0.15, 0.2) is 21.3 Å². The fourth-order valence-electron chi connectivity index (χ4n) is 4.01. The molecule has 8 heteroatoms. The lowest BCUT2D eigenvalue weighted by atomic mass is 9.97. The standard InChI is InChI=1S/C19H25N3O4S/c1-13-4-2-6-16-17(13)26-18(21-16)14-7-9-22(10-8-14)19(23)20-12-15-5-3-11-27(15,24)25/h2,4,6,14-15H,3,5,7-12H2,1H3,(H,20,23). The Morgan fingerprint density at radius 1 is 1.30 bits per heavy atom. The lowest BCUT2D eigenvalue weighted by Crippen LogP contribution is -2.46. The minimum absolute atomic E-state index is 0.177. The molecule has 2 amide bonds. The highest BCUT2D eigenvalue weighted by Crippen LogP contribution is 2.31. The van der Waals surface area contributed by atoms with E-state index < -0.39 is 15.1 Å². The number of likely N-dealkylation sites (tertiary alicyclic amines) is 1. The van der Waals surface area contributed by atoms with Gasteiger partial charge in [-0.3, -0.25) is 0 Å². The molecule has 1 atom stereocenters. The zero-order chi connectivity index (χ0) is 19.0. The first-order valence-electron chi connectivity index (χ1n) is 9.54. The minimum Gasteiger partial charge on any atom is -0.440 e. The number of hydrogen-bond donors (Lipinski definition) is 1. The van der Waals surface area contributed by atoms with Crippen LogP contribution >= 0.6 is 0 Å². The zero-order valence-electron chi connectivity index (χ0n) is 15.5. The van der Waals surface area contributed by atoms with Crippen molar-refractivity contribution in [3.05, 3.63) is 29.7 Å². The van der Waals surface area contributed by atoms with Gasteiger partial charge in [0.05, 0.1) is 11.0 Å².